The van der Waals surface area contributed by atoms with Gasteiger partial charge in [0.05, 0.1) is 6.04 Å². The Kier molecular flexibility index (Phi) is 4.35. The second-order valence-corrected chi connectivity index (χ2v) is 1.57. The molecular formula is C4H7NO2S. The molecule has 4 heteroatoms. The molecule has 0 saturated heterocycles. The third-order valence-corrected chi connectivity index (χ3v) is 1.04. The minimum Gasteiger partial charge on any atom is -0.348 e. The van der Waals surface area contributed by atoms with Gasteiger partial charge in [0.25, 0.3) is 0 Å². The van der Waals surface area contributed by atoms with E-state index in [0.717, 1.165) is 0 Å². The van der Waals surface area contributed by atoms with E-state index in [-0.39, 0.29) is 0 Å². The van der Waals surface area contributed by atoms with Crippen LogP contribution in [0.4, 0.5) is 0 Å². The Morgan fingerprint density at radius 3 is 2.38 bits per heavy atom. The molecule has 0 aliphatic heterocycles. The van der Waals surface area contributed by atoms with Crippen LogP contribution in [-0.4, -0.2) is 24.5 Å². The number of rotatable bonds is 4. The van der Waals surface area contributed by atoms with Gasteiger partial charge in [-0.15, -0.1) is 0 Å². The lowest BCUT2D eigenvalue weighted by Gasteiger charge is -2.00. The largest absolute Gasteiger partial charge is 0.348 e. The number of hydrogen-bond acceptors (Lipinski definition) is 3. The third-order valence-electron chi connectivity index (χ3n) is 0.643. The van der Waals surface area contributed by atoms with Crippen molar-refractivity contribution in [2.45, 2.75) is 6.04 Å². The van der Waals surface area contributed by atoms with Crippen LogP contribution in [0.15, 0.2) is 0 Å². The van der Waals surface area contributed by atoms with Crippen LogP contribution in [0.2, 0.25) is 0 Å². The maximum absolute atomic E-state index is 9.86. The summed E-state index contributed by atoms with van der Waals surface area (Å²) in [6.07, 6.45) is 1.12. The van der Waals surface area contributed by atoms with Gasteiger partial charge in [0.2, 0.25) is 6.41 Å². The molecule has 0 aliphatic carbocycles. The van der Waals surface area contributed by atoms with Gasteiger partial charge in [0.1, 0.15) is 6.29 Å². The molecule has 0 fully saturated rings. The van der Waals surface area contributed by atoms with E-state index in [0.29, 0.717) is 18.4 Å². The molecule has 0 spiro atoms. The van der Waals surface area contributed by atoms with Crippen molar-refractivity contribution in [1.82, 2.24) is 5.32 Å². The molecule has 8 heavy (non-hydrogen) atoms. The Labute approximate surface area is 52.9 Å². The van der Waals surface area contributed by atoms with Crippen LogP contribution in [-0.2, 0) is 9.59 Å². The Hall–Kier alpha value is -0.510. The average molecular weight is 133 g/mol. The first-order valence-corrected chi connectivity index (χ1v) is 2.74. The number of aldehydes is 1. The van der Waals surface area contributed by atoms with Gasteiger partial charge in [-0.25, -0.2) is 0 Å². The summed E-state index contributed by atoms with van der Waals surface area (Å²) in [4.78, 5) is 19.5. The van der Waals surface area contributed by atoms with Crippen LogP contribution >= 0.6 is 12.6 Å². The van der Waals surface area contributed by atoms with E-state index in [1.54, 1.807) is 0 Å². The van der Waals surface area contributed by atoms with Crippen LogP contribution in [0.25, 0.3) is 0 Å². The lowest BCUT2D eigenvalue weighted by molar-refractivity contribution is -0.114. The van der Waals surface area contributed by atoms with Gasteiger partial charge in [-0.05, 0) is 0 Å². The fourth-order valence-electron chi connectivity index (χ4n) is 0.222. The first kappa shape index (κ1) is 7.49. The summed E-state index contributed by atoms with van der Waals surface area (Å²) >= 11 is 3.78. The topological polar surface area (TPSA) is 46.2 Å². The van der Waals surface area contributed by atoms with Crippen molar-refractivity contribution in [3.05, 3.63) is 0 Å². The number of nitrogens with one attached hydrogen (secondary N) is 1. The summed E-state index contributed by atoms with van der Waals surface area (Å²) in [5.41, 5.74) is 0. The number of carbonyl (C=O) groups is 2. The first-order valence-electron chi connectivity index (χ1n) is 2.11. The number of amides is 1. The van der Waals surface area contributed by atoms with E-state index < -0.39 is 6.04 Å². The molecule has 1 unspecified atom stereocenters. The van der Waals surface area contributed by atoms with Crippen molar-refractivity contribution >= 4 is 25.3 Å². The summed E-state index contributed by atoms with van der Waals surface area (Å²) < 4.78 is 0. The summed E-state index contributed by atoms with van der Waals surface area (Å²) in [5.74, 6) is 0.349. The molecule has 0 bridgehead atoms. The smallest absolute Gasteiger partial charge is 0.207 e. The van der Waals surface area contributed by atoms with Gasteiger partial charge in [-0.3, -0.25) is 4.79 Å². The Bertz CT molecular complexity index is 86.1. The molecule has 0 saturated carbocycles. The number of hydrogen-bond donors (Lipinski definition) is 2. The molecule has 1 atom stereocenters. The summed E-state index contributed by atoms with van der Waals surface area (Å²) in [5, 5.41) is 2.26. The predicted molar refractivity (Wildman–Crippen MR) is 32.9 cm³/mol. The van der Waals surface area contributed by atoms with Crippen LogP contribution in [0.3, 0.4) is 0 Å². The highest BCUT2D eigenvalue weighted by atomic mass is 32.1. The minimum atomic E-state index is -0.434. The van der Waals surface area contributed by atoms with E-state index in [1.165, 1.54) is 0 Å². The Morgan fingerprint density at radius 2 is 2.25 bits per heavy atom. The molecule has 0 aromatic heterocycles. The van der Waals surface area contributed by atoms with Crippen molar-refractivity contribution in [1.29, 1.82) is 0 Å². The van der Waals surface area contributed by atoms with Gasteiger partial charge >= 0.3 is 0 Å². The zero-order valence-electron chi connectivity index (χ0n) is 4.20. The lowest BCUT2D eigenvalue weighted by Crippen LogP contribution is -2.30. The van der Waals surface area contributed by atoms with Crippen molar-refractivity contribution in [3.63, 3.8) is 0 Å². The fourth-order valence-corrected chi connectivity index (χ4v) is 0.414. The molecule has 46 valence electrons. The van der Waals surface area contributed by atoms with Gasteiger partial charge in [-0.1, -0.05) is 0 Å². The maximum atomic E-state index is 9.86. The normalized spacial score (nSPS) is 12.1. The number of thiol groups is 1. The monoisotopic (exact) mass is 133 g/mol. The van der Waals surface area contributed by atoms with Gasteiger partial charge < -0.3 is 10.1 Å². The Balaban J connectivity index is 3.35. The summed E-state index contributed by atoms with van der Waals surface area (Å²) in [6.45, 7) is 0. The molecule has 1 amide bonds. The fraction of sp³-hybridized carbons (Fsp3) is 0.500. The second kappa shape index (κ2) is 4.64. The third kappa shape index (κ3) is 2.63. The summed E-state index contributed by atoms with van der Waals surface area (Å²) in [7, 11) is 0. The zero-order chi connectivity index (χ0) is 6.41. The van der Waals surface area contributed by atoms with Crippen molar-refractivity contribution in [2.75, 3.05) is 5.75 Å². The second-order valence-electron chi connectivity index (χ2n) is 1.21. The quantitative estimate of drug-likeness (QED) is 0.391. The average Bonchev–Trinajstić information content (AvgIpc) is 1.83. The van der Waals surface area contributed by atoms with E-state index in [9.17, 15) is 9.59 Å². The Morgan fingerprint density at radius 1 is 1.62 bits per heavy atom. The van der Waals surface area contributed by atoms with Gasteiger partial charge in [0, 0.05) is 5.75 Å². The van der Waals surface area contributed by atoms with Crippen LogP contribution in [0.5, 0.6) is 0 Å². The minimum absolute atomic E-state index is 0.349. The molecular weight excluding hydrogens is 126 g/mol. The lowest BCUT2D eigenvalue weighted by atomic mass is 10.4. The highest BCUT2D eigenvalue weighted by Crippen LogP contribution is 1.78. The van der Waals surface area contributed by atoms with E-state index in [4.69, 9.17) is 0 Å². The first-order chi connectivity index (χ1) is 3.85. The molecule has 0 heterocycles. The van der Waals surface area contributed by atoms with E-state index in [2.05, 4.69) is 17.9 Å². The summed E-state index contributed by atoms with van der Waals surface area (Å²) in [6, 6.07) is -0.434. The highest BCUT2D eigenvalue weighted by Gasteiger charge is 1.98. The molecule has 0 rings (SSSR count). The number of carbonyl (C=O) groups excluding carboxylic acids is 2. The molecule has 3 nitrogen and oxygen atoms in total. The van der Waals surface area contributed by atoms with Crippen molar-refractivity contribution < 1.29 is 9.59 Å². The highest BCUT2D eigenvalue weighted by molar-refractivity contribution is 7.80. The van der Waals surface area contributed by atoms with E-state index in [1.807, 2.05) is 0 Å². The molecule has 1 N–H and O–H groups in total. The molecule has 0 radical (unpaired) electrons. The van der Waals surface area contributed by atoms with Crippen LogP contribution < -0.4 is 5.32 Å². The van der Waals surface area contributed by atoms with E-state index >= 15 is 0 Å². The molecule has 0 aromatic rings. The maximum Gasteiger partial charge on any atom is 0.207 e. The SMILES string of the molecule is O=CNC(C=O)CS. The molecule has 0 aliphatic rings. The van der Waals surface area contributed by atoms with Crippen molar-refractivity contribution in [3.8, 4) is 0 Å². The van der Waals surface area contributed by atoms with Gasteiger partial charge in [-0.2, -0.15) is 12.6 Å². The molecule has 0 aromatic carbocycles. The standard InChI is InChI=1S/C4H7NO2S/c6-1-4(2-8)5-3-7/h1,3-4,8H,2H2,(H,5,7). The van der Waals surface area contributed by atoms with Gasteiger partial charge in [0.15, 0.2) is 0 Å². The zero-order valence-corrected chi connectivity index (χ0v) is 5.10. The van der Waals surface area contributed by atoms with Crippen LogP contribution in [0.1, 0.15) is 0 Å². The van der Waals surface area contributed by atoms with Crippen LogP contribution in [0, 0.1) is 0 Å². The predicted octanol–water partition coefficient (Wildman–Crippen LogP) is -0.770. The van der Waals surface area contributed by atoms with Crippen molar-refractivity contribution in [2.24, 2.45) is 0 Å².